The highest BCUT2D eigenvalue weighted by Crippen LogP contribution is 2.32. The zero-order valence-electron chi connectivity index (χ0n) is 16.3. The SMILES string of the molecule is CCOc1cccc(CNC(N)=NCc2ccc(OC(F)(F)F)cc2)c1OC(F)F.I. The van der Waals surface area contributed by atoms with Crippen LogP contribution in [0.2, 0.25) is 0 Å². The number of nitrogens with one attached hydrogen (secondary N) is 1. The van der Waals surface area contributed by atoms with Crippen LogP contribution in [0.4, 0.5) is 22.0 Å². The van der Waals surface area contributed by atoms with Gasteiger partial charge in [0.1, 0.15) is 5.75 Å². The Morgan fingerprint density at radius 3 is 2.39 bits per heavy atom. The van der Waals surface area contributed by atoms with E-state index >= 15 is 0 Å². The molecule has 0 aromatic heterocycles. The summed E-state index contributed by atoms with van der Waals surface area (Å²) >= 11 is 0. The third-order valence-corrected chi connectivity index (χ3v) is 3.62. The molecule has 0 amide bonds. The second-order valence-electron chi connectivity index (χ2n) is 5.80. The van der Waals surface area contributed by atoms with E-state index in [1.54, 1.807) is 19.1 Å². The first-order valence-corrected chi connectivity index (χ1v) is 8.76. The summed E-state index contributed by atoms with van der Waals surface area (Å²) in [6.07, 6.45) is -4.76. The molecule has 0 aliphatic carbocycles. The van der Waals surface area contributed by atoms with Gasteiger partial charge in [0, 0.05) is 12.1 Å². The van der Waals surface area contributed by atoms with Gasteiger partial charge in [0.15, 0.2) is 17.5 Å². The Morgan fingerprint density at radius 1 is 1.13 bits per heavy atom. The lowest BCUT2D eigenvalue weighted by Gasteiger charge is -2.16. The summed E-state index contributed by atoms with van der Waals surface area (Å²) in [5.41, 5.74) is 6.75. The van der Waals surface area contributed by atoms with Crippen LogP contribution in [-0.2, 0) is 13.1 Å². The standard InChI is InChI=1S/C19H20F5N3O3.HI/c1-2-28-15-5-3-4-13(16(15)29-17(20)21)11-27-18(25)26-10-12-6-8-14(9-7-12)30-19(22,23)24;/h3-9,17H,2,10-11H2,1H3,(H3,25,26,27);1H. The Bertz CT molecular complexity index is 849. The minimum atomic E-state index is -4.76. The van der Waals surface area contributed by atoms with Crippen LogP contribution in [0.15, 0.2) is 47.5 Å². The summed E-state index contributed by atoms with van der Waals surface area (Å²) in [5, 5.41) is 2.77. The zero-order valence-corrected chi connectivity index (χ0v) is 18.6. The van der Waals surface area contributed by atoms with Gasteiger partial charge in [-0.1, -0.05) is 24.3 Å². The van der Waals surface area contributed by atoms with Gasteiger partial charge < -0.3 is 25.3 Å². The molecule has 0 heterocycles. The number of guanidine groups is 1. The van der Waals surface area contributed by atoms with Crippen molar-refractivity contribution < 1.29 is 36.2 Å². The maximum Gasteiger partial charge on any atom is 0.573 e. The predicted molar refractivity (Wildman–Crippen MR) is 115 cm³/mol. The number of para-hydroxylation sites is 1. The zero-order chi connectivity index (χ0) is 22.1. The molecular formula is C19H21F5IN3O3. The molecule has 3 N–H and O–H groups in total. The highest BCUT2D eigenvalue weighted by molar-refractivity contribution is 14.0. The number of hydrogen-bond donors (Lipinski definition) is 2. The number of nitrogens with two attached hydrogens (primary N) is 1. The van der Waals surface area contributed by atoms with E-state index < -0.39 is 13.0 Å². The maximum absolute atomic E-state index is 12.7. The molecule has 12 heteroatoms. The van der Waals surface area contributed by atoms with Gasteiger partial charge in [-0.2, -0.15) is 8.78 Å². The largest absolute Gasteiger partial charge is 0.573 e. The molecule has 2 aromatic rings. The molecule has 31 heavy (non-hydrogen) atoms. The van der Waals surface area contributed by atoms with Crippen molar-refractivity contribution in [3.8, 4) is 17.2 Å². The number of alkyl halides is 5. The lowest BCUT2D eigenvalue weighted by molar-refractivity contribution is -0.274. The molecule has 0 saturated carbocycles. The number of rotatable bonds is 9. The molecule has 2 aromatic carbocycles. The average Bonchev–Trinajstić information content (AvgIpc) is 2.66. The quantitative estimate of drug-likeness (QED) is 0.199. The van der Waals surface area contributed by atoms with Crippen LogP contribution in [0.1, 0.15) is 18.1 Å². The molecule has 0 fully saturated rings. The molecule has 0 aliphatic heterocycles. The van der Waals surface area contributed by atoms with Gasteiger partial charge in [-0.25, -0.2) is 4.99 Å². The van der Waals surface area contributed by atoms with Crippen LogP contribution in [0.25, 0.3) is 0 Å². The number of benzene rings is 2. The minimum absolute atomic E-state index is 0. The molecule has 0 atom stereocenters. The number of ether oxygens (including phenoxy) is 3. The Morgan fingerprint density at radius 2 is 1.81 bits per heavy atom. The van der Waals surface area contributed by atoms with Gasteiger partial charge in [0.2, 0.25) is 0 Å². The van der Waals surface area contributed by atoms with Crippen LogP contribution < -0.4 is 25.3 Å². The van der Waals surface area contributed by atoms with E-state index in [9.17, 15) is 22.0 Å². The predicted octanol–water partition coefficient (Wildman–Crippen LogP) is 4.81. The van der Waals surface area contributed by atoms with Crippen molar-refractivity contribution >= 4 is 29.9 Å². The fraction of sp³-hybridized carbons (Fsp3) is 0.316. The summed E-state index contributed by atoms with van der Waals surface area (Å²) in [6, 6.07) is 9.85. The third kappa shape index (κ3) is 9.44. The van der Waals surface area contributed by atoms with Crippen molar-refractivity contribution in [3.05, 3.63) is 53.6 Å². The molecule has 0 radical (unpaired) electrons. The number of hydrogen-bond acceptors (Lipinski definition) is 4. The average molecular weight is 561 g/mol. The van der Waals surface area contributed by atoms with Crippen molar-refractivity contribution in [2.45, 2.75) is 33.0 Å². The molecule has 0 unspecified atom stereocenters. The lowest BCUT2D eigenvalue weighted by Crippen LogP contribution is -2.31. The van der Waals surface area contributed by atoms with Crippen LogP contribution >= 0.6 is 24.0 Å². The van der Waals surface area contributed by atoms with Gasteiger partial charge in [-0.3, -0.25) is 0 Å². The maximum atomic E-state index is 12.7. The minimum Gasteiger partial charge on any atom is -0.490 e. The van der Waals surface area contributed by atoms with E-state index in [4.69, 9.17) is 10.5 Å². The van der Waals surface area contributed by atoms with E-state index in [2.05, 4.69) is 19.8 Å². The molecule has 0 aliphatic rings. The number of aliphatic imine (C=N–C) groups is 1. The Balaban J connectivity index is 0.00000480. The Labute approximate surface area is 192 Å². The molecule has 0 spiro atoms. The van der Waals surface area contributed by atoms with Gasteiger partial charge in [-0.05, 0) is 30.7 Å². The second kappa shape index (κ2) is 12.4. The molecule has 2 rings (SSSR count). The molecule has 172 valence electrons. The van der Waals surface area contributed by atoms with Gasteiger partial charge in [0.05, 0.1) is 13.2 Å². The van der Waals surface area contributed by atoms with Crippen LogP contribution in [-0.4, -0.2) is 25.5 Å². The van der Waals surface area contributed by atoms with E-state index in [0.29, 0.717) is 11.1 Å². The number of nitrogens with zero attached hydrogens (tertiary/aromatic N) is 1. The Hall–Kier alpha value is -2.51. The van der Waals surface area contributed by atoms with E-state index in [-0.39, 0.29) is 66.9 Å². The Kier molecular flexibility index (Phi) is 10.6. The van der Waals surface area contributed by atoms with Crippen LogP contribution in [0, 0.1) is 0 Å². The summed E-state index contributed by atoms with van der Waals surface area (Å²) in [5.74, 6) is -0.263. The fourth-order valence-corrected chi connectivity index (χ4v) is 2.41. The van der Waals surface area contributed by atoms with Crippen molar-refractivity contribution in [2.24, 2.45) is 10.7 Å². The first-order chi connectivity index (χ1) is 14.2. The fourth-order valence-electron chi connectivity index (χ4n) is 2.41. The molecular weight excluding hydrogens is 540 g/mol. The highest BCUT2D eigenvalue weighted by Gasteiger charge is 2.30. The van der Waals surface area contributed by atoms with Gasteiger partial charge >= 0.3 is 13.0 Å². The van der Waals surface area contributed by atoms with E-state index in [0.717, 1.165) is 12.1 Å². The summed E-state index contributed by atoms with van der Waals surface area (Å²) in [7, 11) is 0. The summed E-state index contributed by atoms with van der Waals surface area (Å²) in [4.78, 5) is 4.06. The molecule has 0 bridgehead atoms. The summed E-state index contributed by atoms with van der Waals surface area (Å²) in [6.45, 7) is -0.918. The van der Waals surface area contributed by atoms with Crippen LogP contribution in [0.5, 0.6) is 17.2 Å². The normalized spacial score (nSPS) is 11.6. The van der Waals surface area contributed by atoms with Crippen molar-refractivity contribution in [3.63, 3.8) is 0 Å². The van der Waals surface area contributed by atoms with Gasteiger partial charge in [-0.15, -0.1) is 37.1 Å². The van der Waals surface area contributed by atoms with Crippen molar-refractivity contribution in [1.29, 1.82) is 0 Å². The monoisotopic (exact) mass is 561 g/mol. The topological polar surface area (TPSA) is 78.1 Å². The van der Waals surface area contributed by atoms with E-state index in [1.807, 2.05) is 0 Å². The van der Waals surface area contributed by atoms with Crippen molar-refractivity contribution in [2.75, 3.05) is 6.61 Å². The molecule has 6 nitrogen and oxygen atoms in total. The number of halogens is 6. The van der Waals surface area contributed by atoms with Gasteiger partial charge in [0.25, 0.3) is 0 Å². The summed E-state index contributed by atoms with van der Waals surface area (Å²) < 4.78 is 75.6. The second-order valence-corrected chi connectivity index (χ2v) is 5.80. The first kappa shape index (κ1) is 26.5. The van der Waals surface area contributed by atoms with Crippen LogP contribution in [0.3, 0.4) is 0 Å². The lowest BCUT2D eigenvalue weighted by atomic mass is 10.2. The smallest absolute Gasteiger partial charge is 0.490 e. The highest BCUT2D eigenvalue weighted by atomic mass is 127. The molecule has 0 saturated heterocycles. The third-order valence-electron chi connectivity index (χ3n) is 3.62. The van der Waals surface area contributed by atoms with E-state index in [1.165, 1.54) is 18.2 Å². The first-order valence-electron chi connectivity index (χ1n) is 8.76. The van der Waals surface area contributed by atoms with Crippen molar-refractivity contribution in [1.82, 2.24) is 5.32 Å².